The molecule has 5 nitrogen and oxygen atoms in total. The van der Waals surface area contributed by atoms with Crippen molar-refractivity contribution in [3.8, 4) is 0 Å². The van der Waals surface area contributed by atoms with E-state index in [1.54, 1.807) is 0 Å². The first kappa shape index (κ1) is 27.4. The maximum Gasteiger partial charge on any atom is 0.305 e. The van der Waals surface area contributed by atoms with Gasteiger partial charge in [0.15, 0.2) is 0 Å². The highest BCUT2D eigenvalue weighted by atomic mass is 16.5. The van der Waals surface area contributed by atoms with E-state index in [0.717, 1.165) is 25.9 Å². The Morgan fingerprint density at radius 3 is 2.43 bits per heavy atom. The molecule has 0 saturated heterocycles. The van der Waals surface area contributed by atoms with Gasteiger partial charge in [0, 0.05) is 31.6 Å². The van der Waals surface area contributed by atoms with Crippen molar-refractivity contribution in [2.24, 2.45) is 46.3 Å². The Morgan fingerprint density at radius 2 is 1.71 bits per heavy atom. The molecule has 3 N–H and O–H groups in total. The third-order valence-electron chi connectivity index (χ3n) is 11.6. The summed E-state index contributed by atoms with van der Waals surface area (Å²) in [5.41, 5.74) is 0.692. The summed E-state index contributed by atoms with van der Waals surface area (Å²) in [6, 6.07) is 1.14. The molecule has 0 bridgehead atoms. The molecule has 4 rings (SSSR count). The topological polar surface area (TPSA) is 70.6 Å². The second-order valence-corrected chi connectivity index (χ2v) is 13.7. The molecule has 10 atom stereocenters. The summed E-state index contributed by atoms with van der Waals surface area (Å²) in [5.74, 6) is 3.53. The summed E-state index contributed by atoms with van der Waals surface area (Å²) in [6.07, 6.45) is 11.2. The zero-order valence-corrected chi connectivity index (χ0v) is 23.4. The lowest BCUT2D eigenvalue weighted by molar-refractivity contribution is -0.167. The minimum Gasteiger partial charge on any atom is -0.469 e. The van der Waals surface area contributed by atoms with E-state index in [0.29, 0.717) is 64.8 Å². The normalized spacial score (nSPS) is 43.8. The SMILES string of the molecule is COC(=O)CC[C@@H](C)[C@H]1CCC2C3C(CC[C@@]21C)[C@@]1(C)CCC(NCCNC(C)C)C[C@H]1C[C@H]3O. The number of rotatable bonds is 9. The van der Waals surface area contributed by atoms with Crippen LogP contribution in [-0.4, -0.2) is 49.5 Å². The van der Waals surface area contributed by atoms with Gasteiger partial charge < -0.3 is 20.5 Å². The zero-order chi connectivity index (χ0) is 25.4. The van der Waals surface area contributed by atoms with Crippen molar-refractivity contribution in [2.75, 3.05) is 20.2 Å². The van der Waals surface area contributed by atoms with Gasteiger partial charge in [-0.25, -0.2) is 0 Å². The molecule has 0 aliphatic heterocycles. The van der Waals surface area contributed by atoms with E-state index in [9.17, 15) is 9.90 Å². The molecule has 4 saturated carbocycles. The molecule has 5 heteroatoms. The van der Waals surface area contributed by atoms with Gasteiger partial charge in [-0.3, -0.25) is 4.79 Å². The zero-order valence-electron chi connectivity index (χ0n) is 23.4. The number of hydrogen-bond acceptors (Lipinski definition) is 5. The molecule has 35 heavy (non-hydrogen) atoms. The first-order valence-corrected chi connectivity index (χ1v) is 14.8. The molecule has 0 aromatic heterocycles. The van der Waals surface area contributed by atoms with Crippen LogP contribution in [0.15, 0.2) is 0 Å². The molecule has 4 aliphatic carbocycles. The molecule has 0 heterocycles. The van der Waals surface area contributed by atoms with Gasteiger partial charge in [-0.15, -0.1) is 0 Å². The average Bonchev–Trinajstić information content (AvgIpc) is 3.17. The van der Waals surface area contributed by atoms with Gasteiger partial charge in [0.1, 0.15) is 0 Å². The molecule has 0 spiro atoms. The lowest BCUT2D eigenvalue weighted by atomic mass is 9.43. The average molecular weight is 491 g/mol. The largest absolute Gasteiger partial charge is 0.469 e. The first-order chi connectivity index (χ1) is 16.6. The van der Waals surface area contributed by atoms with Crippen LogP contribution in [0.3, 0.4) is 0 Å². The number of methoxy groups -OCH3 is 1. The van der Waals surface area contributed by atoms with Gasteiger partial charge in [-0.1, -0.05) is 34.6 Å². The molecule has 0 amide bonds. The molecule has 4 aliphatic rings. The van der Waals surface area contributed by atoms with Gasteiger partial charge >= 0.3 is 5.97 Å². The van der Waals surface area contributed by atoms with Crippen LogP contribution in [-0.2, 0) is 9.53 Å². The maximum absolute atomic E-state index is 11.8. The monoisotopic (exact) mass is 490 g/mol. The van der Waals surface area contributed by atoms with Crippen molar-refractivity contribution < 1.29 is 14.6 Å². The summed E-state index contributed by atoms with van der Waals surface area (Å²) in [6.45, 7) is 14.0. The Labute approximate surface area is 214 Å². The first-order valence-electron chi connectivity index (χ1n) is 14.8. The quantitative estimate of drug-likeness (QED) is 0.308. The maximum atomic E-state index is 11.8. The van der Waals surface area contributed by atoms with Crippen molar-refractivity contribution in [1.82, 2.24) is 10.6 Å². The van der Waals surface area contributed by atoms with E-state index < -0.39 is 0 Å². The van der Waals surface area contributed by atoms with Crippen LogP contribution in [0, 0.1) is 46.3 Å². The van der Waals surface area contributed by atoms with Crippen LogP contribution < -0.4 is 10.6 Å². The number of aliphatic hydroxyl groups excluding tert-OH is 1. The Balaban J connectivity index is 1.40. The molecule has 202 valence electrons. The lowest BCUT2D eigenvalue weighted by Crippen LogP contribution is -2.59. The molecule has 4 unspecified atom stereocenters. The fraction of sp³-hybridized carbons (Fsp3) is 0.967. The fourth-order valence-corrected chi connectivity index (χ4v) is 9.67. The second kappa shape index (κ2) is 11.0. The highest BCUT2D eigenvalue weighted by Crippen LogP contribution is 2.68. The summed E-state index contributed by atoms with van der Waals surface area (Å²) in [5, 5.41) is 19.0. The second-order valence-electron chi connectivity index (χ2n) is 13.7. The van der Waals surface area contributed by atoms with E-state index in [1.165, 1.54) is 52.1 Å². The lowest BCUT2D eigenvalue weighted by Gasteiger charge is -2.62. The van der Waals surface area contributed by atoms with Crippen LogP contribution >= 0.6 is 0 Å². The van der Waals surface area contributed by atoms with Gasteiger partial charge in [-0.05, 0) is 104 Å². The highest BCUT2D eigenvalue weighted by molar-refractivity contribution is 5.69. The van der Waals surface area contributed by atoms with Crippen molar-refractivity contribution >= 4 is 5.97 Å². The molecule has 0 aromatic rings. The van der Waals surface area contributed by atoms with E-state index >= 15 is 0 Å². The van der Waals surface area contributed by atoms with Gasteiger partial charge in [0.25, 0.3) is 0 Å². The predicted molar refractivity (Wildman–Crippen MR) is 142 cm³/mol. The van der Waals surface area contributed by atoms with E-state index in [4.69, 9.17) is 4.74 Å². The summed E-state index contributed by atoms with van der Waals surface area (Å²) in [4.78, 5) is 11.8. The van der Waals surface area contributed by atoms with Gasteiger partial charge in [-0.2, -0.15) is 0 Å². The molecular formula is C30H54N2O3. The highest BCUT2D eigenvalue weighted by Gasteiger charge is 2.62. The summed E-state index contributed by atoms with van der Waals surface area (Å²) in [7, 11) is 1.49. The Bertz CT molecular complexity index is 728. The third-order valence-corrected chi connectivity index (χ3v) is 11.6. The van der Waals surface area contributed by atoms with Crippen LogP contribution in [0.4, 0.5) is 0 Å². The van der Waals surface area contributed by atoms with Crippen molar-refractivity contribution in [3.63, 3.8) is 0 Å². The number of aliphatic hydroxyl groups is 1. The van der Waals surface area contributed by atoms with E-state index in [-0.39, 0.29) is 12.1 Å². The summed E-state index contributed by atoms with van der Waals surface area (Å²) >= 11 is 0. The van der Waals surface area contributed by atoms with E-state index in [1.807, 2.05) is 0 Å². The number of ether oxygens (including phenoxy) is 1. The molecular weight excluding hydrogens is 436 g/mol. The van der Waals surface area contributed by atoms with Gasteiger partial charge in [0.2, 0.25) is 0 Å². The number of nitrogens with one attached hydrogen (secondary N) is 2. The number of esters is 1. The van der Waals surface area contributed by atoms with Gasteiger partial charge in [0.05, 0.1) is 13.2 Å². The Hall–Kier alpha value is -0.650. The minimum absolute atomic E-state index is 0.0804. The Kier molecular flexibility index (Phi) is 8.60. The van der Waals surface area contributed by atoms with Crippen molar-refractivity contribution in [3.05, 3.63) is 0 Å². The third kappa shape index (κ3) is 5.34. The van der Waals surface area contributed by atoms with Crippen molar-refractivity contribution in [2.45, 2.75) is 117 Å². The predicted octanol–water partition coefficient (Wildman–Crippen LogP) is 5.16. The Morgan fingerprint density at radius 1 is 1.00 bits per heavy atom. The van der Waals surface area contributed by atoms with Crippen LogP contribution in [0.1, 0.15) is 98.8 Å². The number of carbonyl (C=O) groups excluding carboxylic acids is 1. The van der Waals surface area contributed by atoms with E-state index in [2.05, 4.69) is 45.3 Å². The standard InChI is InChI=1S/C30H54N2O3/c1-19(2)31-15-16-32-22-11-13-29(4)21(17-22)18-26(33)28-24-9-8-23(20(3)7-10-27(34)35-6)30(24,5)14-12-25(28)29/h19-26,28,31-33H,7-18H2,1-6H3/t20-,21+,22?,23-,24?,25?,26-,28?,29+,30-/m1/s1. The fourth-order valence-electron chi connectivity index (χ4n) is 9.67. The smallest absolute Gasteiger partial charge is 0.305 e. The number of hydrogen-bond donors (Lipinski definition) is 3. The number of carbonyl (C=O) groups is 1. The number of fused-ring (bicyclic) bond motifs is 5. The summed E-state index contributed by atoms with van der Waals surface area (Å²) < 4.78 is 4.91. The van der Waals surface area contributed by atoms with Crippen LogP contribution in [0.5, 0.6) is 0 Å². The molecule has 0 aromatic carbocycles. The minimum atomic E-state index is -0.145. The molecule has 0 radical (unpaired) electrons. The van der Waals surface area contributed by atoms with Crippen LogP contribution in [0.25, 0.3) is 0 Å². The van der Waals surface area contributed by atoms with Crippen molar-refractivity contribution in [1.29, 1.82) is 0 Å². The molecule has 4 fully saturated rings. The van der Waals surface area contributed by atoms with Crippen LogP contribution in [0.2, 0.25) is 0 Å².